The minimum Gasteiger partial charge on any atom is -0.497 e. The number of benzene rings is 4. The zero-order chi connectivity index (χ0) is 32.9. The molecule has 0 unspecified atom stereocenters. The van der Waals surface area contributed by atoms with Crippen LogP contribution in [0.1, 0.15) is 29.5 Å². The van der Waals surface area contributed by atoms with Gasteiger partial charge in [-0.2, -0.15) is 0 Å². The molecule has 0 saturated heterocycles. The Balaban J connectivity index is 1.37. The maximum absolute atomic E-state index is 12.4. The molecular formula is C34H31NO11. The van der Waals surface area contributed by atoms with Crippen LogP contribution in [-0.4, -0.2) is 50.5 Å². The van der Waals surface area contributed by atoms with Crippen molar-refractivity contribution in [3.05, 3.63) is 130 Å². The third-order valence-corrected chi connectivity index (χ3v) is 6.82. The highest BCUT2D eigenvalue weighted by atomic mass is 16.7. The van der Waals surface area contributed by atoms with Gasteiger partial charge in [0.15, 0.2) is 0 Å². The molecule has 4 aromatic rings. The second kappa shape index (κ2) is 15.8. The van der Waals surface area contributed by atoms with Gasteiger partial charge < -0.3 is 28.4 Å². The fourth-order valence-electron chi connectivity index (χ4n) is 4.60. The number of non-ortho nitro benzene ring substituents is 1. The highest BCUT2D eigenvalue weighted by molar-refractivity contribution is 5.85. The van der Waals surface area contributed by atoms with Gasteiger partial charge in [-0.3, -0.25) is 19.7 Å². The average molecular weight is 630 g/mol. The van der Waals surface area contributed by atoms with E-state index in [2.05, 4.69) is 4.74 Å². The SMILES string of the molecule is COc1ccc(C(OCCOC(=O)CCC(=O)OC(=O)Oc2ccc([N+](=O)[O-])cc2)(c2ccccc2)c2ccc(OC)cc2)cc1. The predicted molar refractivity (Wildman–Crippen MR) is 164 cm³/mol. The van der Waals surface area contributed by atoms with Gasteiger partial charge >= 0.3 is 18.1 Å². The fraction of sp³-hybridized carbons (Fsp3) is 0.206. The summed E-state index contributed by atoms with van der Waals surface area (Å²) in [6.45, 7) is -0.137. The van der Waals surface area contributed by atoms with E-state index in [-0.39, 0.29) is 31.1 Å². The Morgan fingerprint density at radius 2 is 1.15 bits per heavy atom. The zero-order valence-corrected chi connectivity index (χ0v) is 25.1. The number of nitro groups is 1. The molecule has 0 aliphatic heterocycles. The Hall–Kier alpha value is -5.75. The first-order valence-electron chi connectivity index (χ1n) is 14.1. The van der Waals surface area contributed by atoms with Crippen LogP contribution in [0.4, 0.5) is 10.5 Å². The Labute approximate surface area is 264 Å². The summed E-state index contributed by atoms with van der Waals surface area (Å²) in [6, 6.07) is 29.2. The lowest BCUT2D eigenvalue weighted by Gasteiger charge is -2.36. The van der Waals surface area contributed by atoms with Gasteiger partial charge in [-0.1, -0.05) is 54.6 Å². The Morgan fingerprint density at radius 1 is 0.652 bits per heavy atom. The van der Waals surface area contributed by atoms with E-state index in [4.69, 9.17) is 23.7 Å². The number of carbonyl (C=O) groups excluding carboxylic acids is 3. The van der Waals surface area contributed by atoms with E-state index in [1.165, 1.54) is 12.1 Å². The summed E-state index contributed by atoms with van der Waals surface area (Å²) in [5, 5.41) is 10.7. The smallest absolute Gasteiger partial charge is 0.497 e. The van der Waals surface area contributed by atoms with Crippen LogP contribution in [0.2, 0.25) is 0 Å². The monoisotopic (exact) mass is 629 g/mol. The molecule has 0 saturated carbocycles. The van der Waals surface area contributed by atoms with Gasteiger partial charge in [0.05, 0.1) is 38.6 Å². The van der Waals surface area contributed by atoms with E-state index < -0.39 is 35.0 Å². The summed E-state index contributed by atoms with van der Waals surface area (Å²) in [4.78, 5) is 46.4. The van der Waals surface area contributed by atoms with Gasteiger partial charge in [0, 0.05) is 12.1 Å². The molecule has 0 spiro atoms. The number of methoxy groups -OCH3 is 2. The van der Waals surface area contributed by atoms with Crippen LogP contribution in [0.3, 0.4) is 0 Å². The summed E-state index contributed by atoms with van der Waals surface area (Å²) >= 11 is 0. The minimum absolute atomic E-state index is 0.00922. The van der Waals surface area contributed by atoms with Crippen molar-refractivity contribution in [3.8, 4) is 17.2 Å². The summed E-state index contributed by atoms with van der Waals surface area (Å²) in [5.74, 6) is -0.426. The Kier molecular flexibility index (Phi) is 11.4. The molecule has 0 amide bonds. The van der Waals surface area contributed by atoms with Gasteiger partial charge in [-0.15, -0.1) is 0 Å². The van der Waals surface area contributed by atoms with Crippen molar-refractivity contribution in [3.63, 3.8) is 0 Å². The molecule has 0 heterocycles. The maximum atomic E-state index is 12.4. The van der Waals surface area contributed by atoms with E-state index >= 15 is 0 Å². The first-order chi connectivity index (χ1) is 22.2. The topological polar surface area (TPSA) is 150 Å². The fourth-order valence-corrected chi connectivity index (χ4v) is 4.60. The van der Waals surface area contributed by atoms with Gasteiger partial charge in [0.1, 0.15) is 29.5 Å². The largest absolute Gasteiger partial charge is 0.521 e. The van der Waals surface area contributed by atoms with Gasteiger partial charge in [-0.25, -0.2) is 4.79 Å². The molecule has 4 rings (SSSR count). The summed E-state index contributed by atoms with van der Waals surface area (Å²) in [5.41, 5.74) is 1.15. The van der Waals surface area contributed by atoms with Crippen LogP contribution < -0.4 is 14.2 Å². The molecule has 0 radical (unpaired) electrons. The standard InChI is InChI=1S/C34H31NO11/c1-41-28-14-8-25(9-15-28)34(24-6-4-3-5-7-24,26-10-16-29(42-2)17-11-26)44-23-22-43-31(36)20-21-32(37)46-33(38)45-30-18-12-27(13-19-30)35(39)40/h3-19H,20-23H2,1-2H3. The van der Waals surface area contributed by atoms with Crippen LogP contribution in [-0.2, 0) is 29.4 Å². The normalized spacial score (nSPS) is 10.8. The number of rotatable bonds is 14. The minimum atomic E-state index is -1.34. The van der Waals surface area contributed by atoms with E-state index in [1.54, 1.807) is 14.2 Å². The molecule has 12 nitrogen and oxygen atoms in total. The highest BCUT2D eigenvalue weighted by Gasteiger charge is 2.38. The number of hydrogen-bond donors (Lipinski definition) is 0. The molecule has 0 fully saturated rings. The number of carbonyl (C=O) groups is 3. The zero-order valence-electron chi connectivity index (χ0n) is 25.1. The van der Waals surface area contributed by atoms with Crippen molar-refractivity contribution in [1.29, 1.82) is 0 Å². The summed E-state index contributed by atoms with van der Waals surface area (Å²) < 4.78 is 32.0. The molecule has 0 aliphatic rings. The van der Waals surface area contributed by atoms with Crippen LogP contribution in [0.15, 0.2) is 103 Å². The van der Waals surface area contributed by atoms with E-state index in [0.717, 1.165) is 28.8 Å². The van der Waals surface area contributed by atoms with Gasteiger partial charge in [0.25, 0.3) is 5.69 Å². The second-order valence-corrected chi connectivity index (χ2v) is 9.65. The van der Waals surface area contributed by atoms with Crippen molar-refractivity contribution in [2.75, 3.05) is 27.4 Å². The third-order valence-electron chi connectivity index (χ3n) is 6.82. The Morgan fingerprint density at radius 3 is 1.67 bits per heavy atom. The number of ether oxygens (including phenoxy) is 6. The average Bonchev–Trinajstić information content (AvgIpc) is 3.08. The number of esters is 2. The summed E-state index contributed by atoms with van der Waals surface area (Å²) in [7, 11) is 3.17. The molecule has 0 aliphatic carbocycles. The lowest BCUT2D eigenvalue weighted by atomic mass is 9.80. The van der Waals surface area contributed by atoms with Gasteiger partial charge in [-0.05, 0) is 53.1 Å². The molecule has 46 heavy (non-hydrogen) atoms. The first kappa shape index (κ1) is 33.1. The van der Waals surface area contributed by atoms with Crippen molar-refractivity contribution >= 4 is 23.8 Å². The summed E-state index contributed by atoms with van der Waals surface area (Å²) in [6.07, 6.45) is -2.14. The highest BCUT2D eigenvalue weighted by Crippen LogP contribution is 2.41. The van der Waals surface area contributed by atoms with Crippen molar-refractivity contribution in [2.45, 2.75) is 18.4 Å². The Bertz CT molecular complexity index is 1570. The number of nitro benzene ring substituents is 1. The lowest BCUT2D eigenvalue weighted by molar-refractivity contribution is -0.384. The molecular weight excluding hydrogens is 598 g/mol. The molecule has 0 N–H and O–H groups in total. The van der Waals surface area contributed by atoms with E-state index in [1.807, 2.05) is 78.9 Å². The van der Waals surface area contributed by atoms with Crippen LogP contribution in [0, 0.1) is 10.1 Å². The molecule has 238 valence electrons. The maximum Gasteiger partial charge on any atom is 0.521 e. The molecule has 12 heteroatoms. The quantitative estimate of drug-likeness (QED) is 0.0308. The second-order valence-electron chi connectivity index (χ2n) is 9.65. The molecule has 0 aromatic heterocycles. The third kappa shape index (κ3) is 8.45. The van der Waals surface area contributed by atoms with E-state index in [0.29, 0.717) is 11.5 Å². The van der Waals surface area contributed by atoms with Crippen LogP contribution in [0.5, 0.6) is 17.2 Å². The first-order valence-corrected chi connectivity index (χ1v) is 14.1. The lowest BCUT2D eigenvalue weighted by Crippen LogP contribution is -2.34. The molecule has 0 bridgehead atoms. The van der Waals surface area contributed by atoms with E-state index in [9.17, 15) is 24.5 Å². The van der Waals surface area contributed by atoms with Gasteiger partial charge in [0.2, 0.25) is 0 Å². The van der Waals surface area contributed by atoms with Crippen LogP contribution >= 0.6 is 0 Å². The van der Waals surface area contributed by atoms with Crippen molar-refractivity contribution in [2.24, 2.45) is 0 Å². The number of nitrogens with zero attached hydrogens (tertiary/aromatic N) is 1. The van der Waals surface area contributed by atoms with Crippen molar-refractivity contribution in [1.82, 2.24) is 0 Å². The molecule has 4 aromatic carbocycles. The van der Waals surface area contributed by atoms with Crippen molar-refractivity contribution < 1.29 is 47.7 Å². The predicted octanol–water partition coefficient (Wildman–Crippen LogP) is 5.99. The number of hydrogen-bond acceptors (Lipinski definition) is 11. The van der Waals surface area contributed by atoms with Crippen LogP contribution in [0.25, 0.3) is 0 Å². The molecule has 0 atom stereocenters.